The van der Waals surface area contributed by atoms with Gasteiger partial charge in [0.05, 0.1) is 12.2 Å². The molecule has 0 spiro atoms. The van der Waals surface area contributed by atoms with Crippen LogP contribution in [0.5, 0.6) is 0 Å². The highest BCUT2D eigenvalue weighted by Gasteiger charge is 2.46. The molecule has 0 saturated carbocycles. The molecule has 2 amide bonds. The molecule has 0 unspecified atom stereocenters. The number of benzene rings is 1. The molecule has 130 valence electrons. The third-order valence-electron chi connectivity index (χ3n) is 5.40. The molecule has 2 aliphatic rings. The number of nitrogens with zero attached hydrogens (tertiary/aromatic N) is 1. The molecule has 0 N–H and O–H groups in total. The van der Waals surface area contributed by atoms with Crippen molar-refractivity contribution in [2.24, 2.45) is 5.92 Å². The molecule has 0 radical (unpaired) electrons. The maximum atomic E-state index is 13.3. The van der Waals surface area contributed by atoms with E-state index < -0.39 is 12.0 Å². The lowest BCUT2D eigenvalue weighted by Crippen LogP contribution is -2.40. The predicted octanol–water partition coefficient (Wildman–Crippen LogP) is 3.97. The highest BCUT2D eigenvalue weighted by Crippen LogP contribution is 2.41. The second-order valence-electron chi connectivity index (χ2n) is 6.97. The lowest BCUT2D eigenvalue weighted by Gasteiger charge is -2.31. The van der Waals surface area contributed by atoms with E-state index in [0.29, 0.717) is 5.76 Å². The minimum absolute atomic E-state index is 0.121. The molecule has 1 aliphatic carbocycles. The minimum Gasteiger partial charge on any atom is -0.468 e. The molecule has 5 heteroatoms. The highest BCUT2D eigenvalue weighted by atomic mass is 16.6. The van der Waals surface area contributed by atoms with E-state index in [2.05, 4.69) is 0 Å². The normalized spacial score (nSPS) is 25.6. The molecule has 1 aromatic heterocycles. The van der Waals surface area contributed by atoms with Gasteiger partial charge in [0.25, 0.3) is 0 Å². The van der Waals surface area contributed by atoms with Crippen molar-refractivity contribution in [3.8, 4) is 0 Å². The Morgan fingerprint density at radius 2 is 2.00 bits per heavy atom. The Hall–Kier alpha value is -2.56. The number of carbonyl (C=O) groups is 2. The summed E-state index contributed by atoms with van der Waals surface area (Å²) in [5.41, 5.74) is 3.09. The van der Waals surface area contributed by atoms with Gasteiger partial charge in [-0.3, -0.25) is 4.79 Å². The van der Waals surface area contributed by atoms with E-state index in [4.69, 9.17) is 9.15 Å². The molecule has 2 aromatic rings. The number of ether oxygens (including phenoxy) is 1. The molecular weight excluding hydrogens is 318 g/mol. The van der Waals surface area contributed by atoms with E-state index in [-0.39, 0.29) is 24.5 Å². The summed E-state index contributed by atoms with van der Waals surface area (Å²) in [5, 5.41) is 0. The number of aryl methyl sites for hydroxylation is 1. The summed E-state index contributed by atoms with van der Waals surface area (Å²) in [6, 6.07) is 9.17. The maximum absolute atomic E-state index is 13.3. The number of furan rings is 1. The fraction of sp³-hybridized carbons (Fsp3) is 0.400. The van der Waals surface area contributed by atoms with Gasteiger partial charge >= 0.3 is 6.09 Å². The summed E-state index contributed by atoms with van der Waals surface area (Å²) in [5.74, 6) is 0.177. The molecule has 4 rings (SSSR count). The average molecular weight is 339 g/mol. The van der Waals surface area contributed by atoms with Crippen LogP contribution in [0.4, 0.5) is 4.79 Å². The van der Waals surface area contributed by atoms with E-state index in [1.807, 2.05) is 44.2 Å². The molecule has 25 heavy (non-hydrogen) atoms. The molecule has 1 aromatic carbocycles. The van der Waals surface area contributed by atoms with Crippen LogP contribution in [-0.2, 0) is 16.0 Å². The van der Waals surface area contributed by atoms with E-state index in [1.54, 1.807) is 6.26 Å². The Morgan fingerprint density at radius 1 is 1.24 bits per heavy atom. The van der Waals surface area contributed by atoms with Crippen LogP contribution in [0.2, 0.25) is 0 Å². The van der Waals surface area contributed by atoms with Crippen molar-refractivity contribution in [3.05, 3.63) is 59.0 Å². The number of imide groups is 1. The Balaban J connectivity index is 1.70. The molecule has 0 bridgehead atoms. The van der Waals surface area contributed by atoms with Crippen LogP contribution < -0.4 is 0 Å². The third kappa shape index (κ3) is 2.54. The van der Waals surface area contributed by atoms with Gasteiger partial charge in [-0.05, 0) is 42.4 Å². The largest absolute Gasteiger partial charge is 0.468 e. The Morgan fingerprint density at radius 3 is 2.76 bits per heavy atom. The standard InChI is InChI=1S/C20H21NO4/c1-12-8-9-15-13(2)10-24-18(15)17(12)19(22)21-16(11-25-20(21)23)14-6-4-3-5-7-14/h3-7,10,12,16-17H,8-9,11H2,1-2H3/t12-,16+,17+/m1/s1. The quantitative estimate of drug-likeness (QED) is 0.830. The Bertz CT molecular complexity index is 810. The molecule has 5 nitrogen and oxygen atoms in total. The maximum Gasteiger partial charge on any atom is 0.417 e. The first-order chi connectivity index (χ1) is 12.1. The number of hydrogen-bond donors (Lipinski definition) is 0. The second kappa shape index (κ2) is 6.06. The van der Waals surface area contributed by atoms with E-state index in [9.17, 15) is 9.59 Å². The number of rotatable bonds is 2. The van der Waals surface area contributed by atoms with Crippen molar-refractivity contribution in [1.29, 1.82) is 0 Å². The van der Waals surface area contributed by atoms with Gasteiger partial charge in [-0.2, -0.15) is 0 Å². The topological polar surface area (TPSA) is 59.8 Å². The number of carbonyl (C=O) groups excluding carboxylic acids is 2. The first-order valence-corrected chi connectivity index (χ1v) is 8.69. The molecule has 1 saturated heterocycles. The van der Waals surface area contributed by atoms with Crippen LogP contribution in [0.15, 0.2) is 41.0 Å². The Kier molecular flexibility index (Phi) is 3.86. The summed E-state index contributed by atoms with van der Waals surface area (Å²) < 4.78 is 10.9. The fourth-order valence-electron chi connectivity index (χ4n) is 3.96. The van der Waals surface area contributed by atoms with E-state index in [0.717, 1.165) is 29.5 Å². The van der Waals surface area contributed by atoms with Gasteiger partial charge in [0.1, 0.15) is 18.4 Å². The van der Waals surface area contributed by atoms with Crippen LogP contribution in [0.3, 0.4) is 0 Å². The SMILES string of the molecule is Cc1coc2c1CC[C@@H](C)[C@@H]2C(=O)N1C(=O)OC[C@H]1c1ccccc1. The highest BCUT2D eigenvalue weighted by molar-refractivity contribution is 5.97. The summed E-state index contributed by atoms with van der Waals surface area (Å²) in [6.45, 7) is 4.23. The first-order valence-electron chi connectivity index (χ1n) is 8.69. The van der Waals surface area contributed by atoms with Crippen LogP contribution >= 0.6 is 0 Å². The molecule has 1 aliphatic heterocycles. The number of amides is 2. The average Bonchev–Trinajstić information content (AvgIpc) is 3.18. The van der Waals surface area contributed by atoms with Crippen LogP contribution in [-0.4, -0.2) is 23.5 Å². The van der Waals surface area contributed by atoms with Gasteiger partial charge in [0.15, 0.2) is 0 Å². The van der Waals surface area contributed by atoms with Crippen molar-refractivity contribution < 1.29 is 18.7 Å². The predicted molar refractivity (Wildman–Crippen MR) is 91.0 cm³/mol. The van der Waals surface area contributed by atoms with Crippen LogP contribution in [0.1, 0.15) is 47.8 Å². The zero-order chi connectivity index (χ0) is 17.6. The van der Waals surface area contributed by atoms with Crippen molar-refractivity contribution in [2.75, 3.05) is 6.61 Å². The summed E-state index contributed by atoms with van der Waals surface area (Å²) in [7, 11) is 0. The van der Waals surface area contributed by atoms with Gasteiger partial charge in [-0.1, -0.05) is 37.3 Å². The van der Waals surface area contributed by atoms with Gasteiger partial charge in [-0.25, -0.2) is 9.69 Å². The smallest absolute Gasteiger partial charge is 0.417 e. The lowest BCUT2D eigenvalue weighted by atomic mass is 9.78. The van der Waals surface area contributed by atoms with Gasteiger partial charge in [0, 0.05) is 0 Å². The molecular formula is C20H21NO4. The van der Waals surface area contributed by atoms with Gasteiger partial charge < -0.3 is 9.15 Å². The molecule has 1 fully saturated rings. The fourth-order valence-corrected chi connectivity index (χ4v) is 3.96. The van der Waals surface area contributed by atoms with Crippen molar-refractivity contribution in [2.45, 2.75) is 38.6 Å². The second-order valence-corrected chi connectivity index (χ2v) is 6.97. The Labute approximate surface area is 146 Å². The zero-order valence-corrected chi connectivity index (χ0v) is 14.4. The first kappa shape index (κ1) is 15.9. The number of cyclic esters (lactones) is 1. The van der Waals surface area contributed by atoms with Crippen molar-refractivity contribution in [1.82, 2.24) is 4.90 Å². The summed E-state index contributed by atoms with van der Waals surface area (Å²) >= 11 is 0. The van der Waals surface area contributed by atoms with Gasteiger partial charge in [-0.15, -0.1) is 0 Å². The number of hydrogen-bond acceptors (Lipinski definition) is 4. The van der Waals surface area contributed by atoms with Gasteiger partial charge in [0.2, 0.25) is 5.91 Å². The number of fused-ring (bicyclic) bond motifs is 1. The lowest BCUT2D eigenvalue weighted by molar-refractivity contribution is -0.132. The molecule has 2 heterocycles. The van der Waals surface area contributed by atoms with Crippen molar-refractivity contribution >= 4 is 12.0 Å². The van der Waals surface area contributed by atoms with Crippen molar-refractivity contribution in [3.63, 3.8) is 0 Å². The van der Waals surface area contributed by atoms with Crippen LogP contribution in [0.25, 0.3) is 0 Å². The van der Waals surface area contributed by atoms with E-state index >= 15 is 0 Å². The zero-order valence-electron chi connectivity index (χ0n) is 14.4. The monoisotopic (exact) mass is 339 g/mol. The minimum atomic E-state index is -0.568. The third-order valence-corrected chi connectivity index (χ3v) is 5.40. The molecule has 3 atom stereocenters. The van der Waals surface area contributed by atoms with E-state index in [1.165, 1.54) is 4.90 Å². The summed E-state index contributed by atoms with van der Waals surface area (Å²) in [4.78, 5) is 26.9. The summed E-state index contributed by atoms with van der Waals surface area (Å²) in [6.07, 6.45) is 2.96. The van der Waals surface area contributed by atoms with Crippen LogP contribution in [0, 0.1) is 12.8 Å².